The normalized spacial score (nSPS) is 10.5. The van der Waals surface area contributed by atoms with Gasteiger partial charge in [-0.15, -0.1) is 0 Å². The topological polar surface area (TPSA) is 61.8 Å². The molecule has 5 nitrogen and oxygen atoms in total. The molecule has 0 N–H and O–H groups in total. The lowest BCUT2D eigenvalue weighted by Gasteiger charge is -2.16. The Morgan fingerprint density at radius 2 is 1.44 bits per heavy atom. The van der Waals surface area contributed by atoms with E-state index in [9.17, 15) is 9.59 Å². The maximum absolute atomic E-state index is 12.8. The fourth-order valence-corrected chi connectivity index (χ4v) is 3.71. The fourth-order valence-electron chi connectivity index (χ4n) is 3.16. The standard InChI is InChI=1S/C25H22Cl2O5/c1-4-30-22(28)14-31-19-12-20(26)25(21(27)13-19)32-24-15(2)10-18(11-16(24)3)23(29)17-8-6-5-7-9-17/h5-13H,4,14H2,1-3H3. The predicted molar refractivity (Wildman–Crippen MR) is 124 cm³/mol. The van der Waals surface area contributed by atoms with Gasteiger partial charge in [-0.05, 0) is 44.0 Å². The molecule has 0 atom stereocenters. The number of hydrogen-bond acceptors (Lipinski definition) is 5. The molecule has 0 bridgehead atoms. The van der Waals surface area contributed by atoms with Crippen molar-refractivity contribution >= 4 is 35.0 Å². The summed E-state index contributed by atoms with van der Waals surface area (Å²) in [6.07, 6.45) is 0. The molecule has 0 aromatic heterocycles. The minimum Gasteiger partial charge on any atom is -0.482 e. The second kappa shape index (κ2) is 10.5. The van der Waals surface area contributed by atoms with Crippen LogP contribution in [0.5, 0.6) is 17.2 Å². The highest BCUT2D eigenvalue weighted by Gasteiger charge is 2.18. The Morgan fingerprint density at radius 3 is 2.00 bits per heavy atom. The van der Waals surface area contributed by atoms with Gasteiger partial charge in [-0.3, -0.25) is 4.79 Å². The van der Waals surface area contributed by atoms with Crippen molar-refractivity contribution in [3.8, 4) is 17.2 Å². The van der Waals surface area contributed by atoms with E-state index < -0.39 is 5.97 Å². The molecule has 7 heteroatoms. The third-order valence-corrected chi connectivity index (χ3v) is 5.16. The summed E-state index contributed by atoms with van der Waals surface area (Å²) in [5.41, 5.74) is 2.71. The molecule has 0 radical (unpaired) electrons. The van der Waals surface area contributed by atoms with Crippen molar-refractivity contribution in [1.82, 2.24) is 0 Å². The van der Waals surface area contributed by atoms with Crippen LogP contribution in [0.2, 0.25) is 10.0 Å². The van der Waals surface area contributed by atoms with Gasteiger partial charge in [0.25, 0.3) is 0 Å². The van der Waals surface area contributed by atoms with Gasteiger partial charge in [0.2, 0.25) is 0 Å². The number of benzene rings is 3. The van der Waals surface area contributed by atoms with Crippen LogP contribution in [0.25, 0.3) is 0 Å². The third kappa shape index (κ3) is 5.61. The molecule has 0 aliphatic carbocycles. The van der Waals surface area contributed by atoms with Gasteiger partial charge in [0.05, 0.1) is 16.7 Å². The van der Waals surface area contributed by atoms with Crippen LogP contribution in [-0.2, 0) is 9.53 Å². The summed E-state index contributed by atoms with van der Waals surface area (Å²) in [6.45, 7) is 5.43. The van der Waals surface area contributed by atoms with Gasteiger partial charge < -0.3 is 14.2 Å². The van der Waals surface area contributed by atoms with Crippen molar-refractivity contribution in [1.29, 1.82) is 0 Å². The van der Waals surface area contributed by atoms with Gasteiger partial charge in [-0.1, -0.05) is 53.5 Å². The number of ether oxygens (including phenoxy) is 3. The minimum atomic E-state index is -0.489. The summed E-state index contributed by atoms with van der Waals surface area (Å²) in [5, 5.41) is 0.444. The number of ketones is 1. The molecule has 0 unspecified atom stereocenters. The number of aryl methyl sites for hydroxylation is 2. The summed E-state index contributed by atoms with van der Waals surface area (Å²) in [6, 6.07) is 15.7. The Balaban J connectivity index is 1.82. The van der Waals surface area contributed by atoms with Crippen LogP contribution in [0.3, 0.4) is 0 Å². The molecular formula is C25H22Cl2O5. The summed E-state index contributed by atoms with van der Waals surface area (Å²) < 4.78 is 16.3. The van der Waals surface area contributed by atoms with Crippen molar-refractivity contribution in [3.63, 3.8) is 0 Å². The van der Waals surface area contributed by atoms with Gasteiger partial charge in [-0.25, -0.2) is 4.79 Å². The van der Waals surface area contributed by atoms with Gasteiger partial charge >= 0.3 is 5.97 Å². The lowest BCUT2D eigenvalue weighted by Crippen LogP contribution is -2.14. The molecule has 0 aliphatic rings. The number of carbonyl (C=O) groups is 2. The van der Waals surface area contributed by atoms with E-state index in [2.05, 4.69) is 0 Å². The van der Waals surface area contributed by atoms with Gasteiger partial charge in [0, 0.05) is 23.3 Å². The monoisotopic (exact) mass is 472 g/mol. The highest BCUT2D eigenvalue weighted by molar-refractivity contribution is 6.37. The lowest BCUT2D eigenvalue weighted by molar-refractivity contribution is -0.145. The maximum Gasteiger partial charge on any atom is 0.344 e. The first kappa shape index (κ1) is 23.6. The molecule has 32 heavy (non-hydrogen) atoms. The van der Waals surface area contributed by atoms with Crippen LogP contribution in [0.4, 0.5) is 0 Å². The Labute approximate surface area is 196 Å². The molecule has 166 valence electrons. The molecule has 0 saturated carbocycles. The Bertz CT molecular complexity index is 1100. The van der Waals surface area contributed by atoms with Crippen molar-refractivity contribution < 1.29 is 23.8 Å². The molecule has 0 aliphatic heterocycles. The summed E-state index contributed by atoms with van der Waals surface area (Å²) in [7, 11) is 0. The molecule has 0 spiro atoms. The largest absolute Gasteiger partial charge is 0.482 e. The van der Waals surface area contributed by atoms with E-state index >= 15 is 0 Å². The van der Waals surface area contributed by atoms with E-state index in [1.807, 2.05) is 32.0 Å². The Morgan fingerprint density at radius 1 is 0.844 bits per heavy atom. The predicted octanol–water partition coefficient (Wildman–Crippen LogP) is 6.58. The van der Waals surface area contributed by atoms with Gasteiger partial charge in [0.1, 0.15) is 11.5 Å². The number of carbonyl (C=O) groups excluding carboxylic acids is 2. The number of rotatable bonds is 8. The number of halogens is 2. The quantitative estimate of drug-likeness (QED) is 0.273. The van der Waals surface area contributed by atoms with Crippen LogP contribution >= 0.6 is 23.2 Å². The molecule has 3 aromatic carbocycles. The highest BCUT2D eigenvalue weighted by atomic mass is 35.5. The van der Waals surface area contributed by atoms with E-state index in [0.29, 0.717) is 22.6 Å². The zero-order chi connectivity index (χ0) is 23.3. The molecule has 0 amide bonds. The van der Waals surface area contributed by atoms with Crippen molar-refractivity contribution in [3.05, 3.63) is 86.9 Å². The molecule has 0 saturated heterocycles. The highest BCUT2D eigenvalue weighted by Crippen LogP contribution is 2.41. The first-order valence-electron chi connectivity index (χ1n) is 9.96. The summed E-state index contributed by atoms with van der Waals surface area (Å²) in [5.74, 6) is 0.570. The van der Waals surface area contributed by atoms with E-state index in [1.165, 1.54) is 12.1 Å². The number of hydrogen-bond donors (Lipinski definition) is 0. The molecule has 0 heterocycles. The van der Waals surface area contributed by atoms with Crippen molar-refractivity contribution in [2.75, 3.05) is 13.2 Å². The van der Waals surface area contributed by atoms with Crippen LogP contribution in [0.15, 0.2) is 54.6 Å². The van der Waals surface area contributed by atoms with Crippen LogP contribution in [0, 0.1) is 13.8 Å². The SMILES string of the molecule is CCOC(=O)COc1cc(Cl)c(Oc2c(C)cc(C(=O)c3ccccc3)cc2C)c(Cl)c1. The molecular weight excluding hydrogens is 451 g/mol. The molecule has 3 rings (SSSR count). The lowest BCUT2D eigenvalue weighted by atomic mass is 9.98. The second-order valence-corrected chi connectivity index (χ2v) is 7.86. The Hall–Kier alpha value is -3.02. The summed E-state index contributed by atoms with van der Waals surface area (Å²) >= 11 is 12.7. The average molecular weight is 473 g/mol. The second-order valence-electron chi connectivity index (χ2n) is 7.05. The van der Waals surface area contributed by atoms with Crippen molar-refractivity contribution in [2.24, 2.45) is 0 Å². The molecule has 3 aromatic rings. The first-order valence-corrected chi connectivity index (χ1v) is 10.7. The van der Waals surface area contributed by atoms with E-state index in [0.717, 1.165) is 11.1 Å². The zero-order valence-electron chi connectivity index (χ0n) is 17.9. The number of esters is 1. The third-order valence-electron chi connectivity index (χ3n) is 4.60. The summed E-state index contributed by atoms with van der Waals surface area (Å²) in [4.78, 5) is 24.3. The minimum absolute atomic E-state index is 0.0671. The Kier molecular flexibility index (Phi) is 7.78. The van der Waals surface area contributed by atoms with Crippen LogP contribution in [-0.4, -0.2) is 25.0 Å². The van der Waals surface area contributed by atoms with Crippen LogP contribution in [0.1, 0.15) is 34.0 Å². The fraction of sp³-hybridized carbons (Fsp3) is 0.200. The first-order chi connectivity index (χ1) is 15.3. The maximum atomic E-state index is 12.8. The van der Waals surface area contributed by atoms with Gasteiger partial charge in [-0.2, -0.15) is 0 Å². The van der Waals surface area contributed by atoms with Crippen LogP contribution < -0.4 is 9.47 Å². The van der Waals surface area contributed by atoms with E-state index in [-0.39, 0.29) is 34.8 Å². The van der Waals surface area contributed by atoms with Crippen molar-refractivity contribution in [2.45, 2.75) is 20.8 Å². The smallest absolute Gasteiger partial charge is 0.344 e. The van der Waals surface area contributed by atoms with E-state index in [4.69, 9.17) is 37.4 Å². The molecule has 0 fully saturated rings. The van der Waals surface area contributed by atoms with E-state index in [1.54, 1.807) is 31.2 Å². The van der Waals surface area contributed by atoms with Gasteiger partial charge in [0.15, 0.2) is 18.1 Å². The average Bonchev–Trinajstić information content (AvgIpc) is 2.76. The zero-order valence-corrected chi connectivity index (χ0v) is 19.4.